The molecule has 0 heterocycles. The second kappa shape index (κ2) is 6.19. The Kier molecular flexibility index (Phi) is 4.56. The molecule has 0 radical (unpaired) electrons. The maximum atomic E-state index is 13.6. The smallest absolute Gasteiger partial charge is 0.141 e. The number of hydrogen-bond donors (Lipinski definition) is 0. The van der Waals surface area contributed by atoms with Gasteiger partial charge in [0.2, 0.25) is 0 Å². The number of ketones is 1. The van der Waals surface area contributed by atoms with Gasteiger partial charge in [-0.3, -0.25) is 4.79 Å². The Balaban J connectivity index is 2.09. The lowest BCUT2D eigenvalue weighted by atomic mass is 9.99. The van der Waals surface area contributed by atoms with E-state index in [1.54, 1.807) is 12.1 Å². The molecule has 0 atom stereocenters. The first kappa shape index (κ1) is 14.7. The van der Waals surface area contributed by atoms with Gasteiger partial charge >= 0.3 is 0 Å². The molecule has 0 fully saturated rings. The Labute approximate surface area is 123 Å². The molecule has 20 heavy (non-hydrogen) atoms. The van der Waals surface area contributed by atoms with Crippen LogP contribution < -0.4 is 0 Å². The maximum absolute atomic E-state index is 13.6. The van der Waals surface area contributed by atoms with E-state index in [-0.39, 0.29) is 12.2 Å². The van der Waals surface area contributed by atoms with Gasteiger partial charge in [0, 0.05) is 17.9 Å². The summed E-state index contributed by atoms with van der Waals surface area (Å²) in [4.78, 5) is 12.0. The molecule has 2 rings (SSSR count). The Bertz CT molecular complexity index is 629. The van der Waals surface area contributed by atoms with Crippen molar-refractivity contribution >= 4 is 17.4 Å². The van der Waals surface area contributed by atoms with Gasteiger partial charge in [0.15, 0.2) is 0 Å². The van der Waals surface area contributed by atoms with Crippen LogP contribution in [0.25, 0.3) is 0 Å². The number of Topliss-reactive ketones (excluding diaryl/α,β-unsaturated/α-hetero) is 1. The zero-order valence-electron chi connectivity index (χ0n) is 11.5. The van der Waals surface area contributed by atoms with Crippen LogP contribution in [0.2, 0.25) is 5.02 Å². The van der Waals surface area contributed by atoms with Crippen LogP contribution in [0.3, 0.4) is 0 Å². The molecule has 0 N–H and O–H groups in total. The first-order chi connectivity index (χ1) is 9.44. The number of carbonyl (C=O) groups is 1. The minimum atomic E-state index is -0.425. The average Bonchev–Trinajstić information content (AvgIpc) is 2.31. The Morgan fingerprint density at radius 3 is 2.30 bits per heavy atom. The van der Waals surface area contributed by atoms with E-state index in [1.165, 1.54) is 6.07 Å². The molecular formula is C17H16ClFO. The Morgan fingerprint density at radius 1 is 1.05 bits per heavy atom. The highest BCUT2D eigenvalue weighted by molar-refractivity contribution is 6.30. The SMILES string of the molecule is Cc1cc(C)cc(CC(=O)Cc2ccc(Cl)cc2F)c1. The van der Waals surface area contributed by atoms with Crippen LogP contribution in [0.1, 0.15) is 22.3 Å². The van der Waals surface area contributed by atoms with Crippen molar-refractivity contribution < 1.29 is 9.18 Å². The summed E-state index contributed by atoms with van der Waals surface area (Å²) in [5.74, 6) is -0.428. The molecule has 104 valence electrons. The zero-order chi connectivity index (χ0) is 14.7. The van der Waals surface area contributed by atoms with E-state index in [0.29, 0.717) is 17.0 Å². The van der Waals surface area contributed by atoms with Crippen LogP contribution in [0.5, 0.6) is 0 Å². The van der Waals surface area contributed by atoms with Crippen molar-refractivity contribution in [3.63, 3.8) is 0 Å². The molecule has 0 aliphatic rings. The number of aryl methyl sites for hydroxylation is 2. The van der Waals surface area contributed by atoms with Gasteiger partial charge in [0.1, 0.15) is 11.6 Å². The molecular weight excluding hydrogens is 275 g/mol. The number of benzene rings is 2. The van der Waals surface area contributed by atoms with Gasteiger partial charge in [-0.15, -0.1) is 0 Å². The predicted octanol–water partition coefficient (Wildman–Crippen LogP) is 4.45. The van der Waals surface area contributed by atoms with Crippen LogP contribution >= 0.6 is 11.6 Å². The third kappa shape index (κ3) is 3.91. The second-order valence-electron chi connectivity index (χ2n) is 5.12. The summed E-state index contributed by atoms with van der Waals surface area (Å²) in [5.41, 5.74) is 3.63. The molecule has 0 saturated carbocycles. The molecule has 0 unspecified atom stereocenters. The van der Waals surface area contributed by atoms with E-state index < -0.39 is 5.82 Å². The van der Waals surface area contributed by atoms with Gasteiger partial charge in [0.05, 0.1) is 0 Å². The van der Waals surface area contributed by atoms with E-state index in [4.69, 9.17) is 11.6 Å². The summed E-state index contributed by atoms with van der Waals surface area (Å²) < 4.78 is 13.6. The monoisotopic (exact) mass is 290 g/mol. The van der Waals surface area contributed by atoms with E-state index in [0.717, 1.165) is 16.7 Å². The topological polar surface area (TPSA) is 17.1 Å². The third-order valence-corrected chi connectivity index (χ3v) is 3.32. The van der Waals surface area contributed by atoms with E-state index in [9.17, 15) is 9.18 Å². The van der Waals surface area contributed by atoms with Crippen molar-refractivity contribution in [1.29, 1.82) is 0 Å². The molecule has 0 saturated heterocycles. The molecule has 0 spiro atoms. The molecule has 0 aliphatic heterocycles. The summed E-state index contributed by atoms with van der Waals surface area (Å²) in [6.45, 7) is 4.00. The fourth-order valence-corrected chi connectivity index (χ4v) is 2.50. The molecule has 1 nitrogen and oxygen atoms in total. The lowest BCUT2D eigenvalue weighted by Crippen LogP contribution is -2.08. The van der Waals surface area contributed by atoms with Crippen LogP contribution in [0.4, 0.5) is 4.39 Å². The second-order valence-corrected chi connectivity index (χ2v) is 5.56. The van der Waals surface area contributed by atoms with E-state index in [2.05, 4.69) is 6.07 Å². The van der Waals surface area contributed by atoms with Gasteiger partial charge in [-0.05, 0) is 37.1 Å². The molecule has 2 aromatic carbocycles. The Hall–Kier alpha value is -1.67. The van der Waals surface area contributed by atoms with Gasteiger partial charge in [-0.2, -0.15) is 0 Å². The molecule has 2 aromatic rings. The third-order valence-electron chi connectivity index (χ3n) is 3.09. The zero-order valence-corrected chi connectivity index (χ0v) is 12.3. The van der Waals surface area contributed by atoms with Gasteiger partial charge in [0.25, 0.3) is 0 Å². The molecule has 0 bridgehead atoms. The number of hydrogen-bond acceptors (Lipinski definition) is 1. The van der Waals surface area contributed by atoms with Gasteiger partial charge in [-0.1, -0.05) is 47.0 Å². The lowest BCUT2D eigenvalue weighted by Gasteiger charge is -2.06. The largest absolute Gasteiger partial charge is 0.299 e. The standard InChI is InChI=1S/C17H16ClFO/c1-11-5-12(2)7-13(6-11)8-16(20)9-14-3-4-15(18)10-17(14)19/h3-7,10H,8-9H2,1-2H3. The van der Waals surface area contributed by atoms with Crippen molar-refractivity contribution in [2.45, 2.75) is 26.7 Å². The van der Waals surface area contributed by atoms with Crippen molar-refractivity contribution in [3.8, 4) is 0 Å². The maximum Gasteiger partial charge on any atom is 0.141 e. The first-order valence-corrected chi connectivity index (χ1v) is 6.84. The normalized spacial score (nSPS) is 10.6. The first-order valence-electron chi connectivity index (χ1n) is 6.47. The molecule has 0 aliphatic carbocycles. The van der Waals surface area contributed by atoms with Crippen LogP contribution in [-0.4, -0.2) is 5.78 Å². The minimum Gasteiger partial charge on any atom is -0.299 e. The quantitative estimate of drug-likeness (QED) is 0.813. The highest BCUT2D eigenvalue weighted by Crippen LogP contribution is 2.16. The van der Waals surface area contributed by atoms with Crippen LogP contribution in [-0.2, 0) is 17.6 Å². The lowest BCUT2D eigenvalue weighted by molar-refractivity contribution is -0.117. The minimum absolute atomic E-state index is 0.00350. The summed E-state index contributed by atoms with van der Waals surface area (Å²) in [6.07, 6.45) is 0.417. The highest BCUT2D eigenvalue weighted by Gasteiger charge is 2.10. The van der Waals surface area contributed by atoms with Crippen LogP contribution in [0.15, 0.2) is 36.4 Å². The van der Waals surface area contributed by atoms with E-state index in [1.807, 2.05) is 26.0 Å². The molecule has 0 amide bonds. The number of halogens is 2. The summed E-state index contributed by atoms with van der Waals surface area (Å²) in [7, 11) is 0. The molecule has 3 heteroatoms. The average molecular weight is 291 g/mol. The fourth-order valence-electron chi connectivity index (χ4n) is 2.34. The summed E-state index contributed by atoms with van der Waals surface area (Å²) in [5, 5.41) is 0.341. The van der Waals surface area contributed by atoms with Crippen LogP contribution in [0, 0.1) is 19.7 Å². The van der Waals surface area contributed by atoms with Gasteiger partial charge < -0.3 is 0 Å². The van der Waals surface area contributed by atoms with Crippen molar-refractivity contribution in [1.82, 2.24) is 0 Å². The van der Waals surface area contributed by atoms with E-state index >= 15 is 0 Å². The fraction of sp³-hybridized carbons (Fsp3) is 0.235. The summed E-state index contributed by atoms with van der Waals surface area (Å²) in [6, 6.07) is 10.4. The molecule has 0 aromatic heterocycles. The number of carbonyl (C=O) groups excluding carboxylic acids is 1. The van der Waals surface area contributed by atoms with Gasteiger partial charge in [-0.25, -0.2) is 4.39 Å². The Morgan fingerprint density at radius 2 is 1.70 bits per heavy atom. The van der Waals surface area contributed by atoms with Crippen molar-refractivity contribution in [2.75, 3.05) is 0 Å². The highest BCUT2D eigenvalue weighted by atomic mass is 35.5. The summed E-state index contributed by atoms with van der Waals surface area (Å²) >= 11 is 5.69. The predicted molar refractivity (Wildman–Crippen MR) is 79.7 cm³/mol. The van der Waals surface area contributed by atoms with Crippen molar-refractivity contribution in [3.05, 3.63) is 69.5 Å². The van der Waals surface area contributed by atoms with Crippen molar-refractivity contribution in [2.24, 2.45) is 0 Å². The number of rotatable bonds is 4.